The summed E-state index contributed by atoms with van der Waals surface area (Å²) in [6, 6.07) is 3.17. The van der Waals surface area contributed by atoms with Gasteiger partial charge in [-0.15, -0.1) is 6.58 Å². The first-order valence-corrected chi connectivity index (χ1v) is 5.18. The highest BCUT2D eigenvalue weighted by Gasteiger charge is 2.13. The fraction of sp³-hybridized carbons (Fsp3) is 0.333. The Hall–Kier alpha value is -0.990. The number of nitrogens with two attached hydrogens (primary N) is 1. The lowest BCUT2D eigenvalue weighted by Gasteiger charge is -2.15. The SMILES string of the molecule is C=C(C)C[C@H](N)c1cc(Cl)cc(C)c1O. The summed E-state index contributed by atoms with van der Waals surface area (Å²) in [6.07, 6.45) is 0.646. The Kier molecular flexibility index (Phi) is 3.77. The van der Waals surface area contributed by atoms with Gasteiger partial charge in [0.25, 0.3) is 0 Å². The molecule has 0 bridgehead atoms. The normalized spacial score (nSPS) is 12.5. The van der Waals surface area contributed by atoms with Crippen molar-refractivity contribution in [3.05, 3.63) is 40.4 Å². The molecule has 0 radical (unpaired) electrons. The van der Waals surface area contributed by atoms with E-state index < -0.39 is 0 Å². The molecule has 1 aromatic carbocycles. The van der Waals surface area contributed by atoms with Gasteiger partial charge in [0, 0.05) is 16.6 Å². The highest BCUT2D eigenvalue weighted by atomic mass is 35.5. The molecule has 0 fully saturated rings. The molecule has 1 aromatic rings. The minimum Gasteiger partial charge on any atom is -0.507 e. The largest absolute Gasteiger partial charge is 0.507 e. The third-order valence-electron chi connectivity index (χ3n) is 2.26. The predicted octanol–water partition coefficient (Wildman–Crippen LogP) is 3.32. The number of hydrogen-bond acceptors (Lipinski definition) is 2. The summed E-state index contributed by atoms with van der Waals surface area (Å²) in [5.41, 5.74) is 8.37. The smallest absolute Gasteiger partial charge is 0.123 e. The minimum absolute atomic E-state index is 0.230. The average molecular weight is 226 g/mol. The molecule has 2 nitrogen and oxygen atoms in total. The Morgan fingerprint density at radius 3 is 2.73 bits per heavy atom. The first kappa shape index (κ1) is 12.1. The molecule has 0 spiro atoms. The molecule has 82 valence electrons. The molecule has 0 saturated heterocycles. The van der Waals surface area contributed by atoms with Gasteiger partial charge in [-0.25, -0.2) is 0 Å². The molecule has 0 heterocycles. The van der Waals surface area contributed by atoms with Gasteiger partial charge in [-0.1, -0.05) is 17.2 Å². The molecule has 0 amide bonds. The van der Waals surface area contributed by atoms with E-state index in [1.807, 2.05) is 6.92 Å². The molecule has 1 rings (SSSR count). The van der Waals surface area contributed by atoms with Crippen LogP contribution in [0.1, 0.15) is 30.5 Å². The standard InChI is InChI=1S/C12H16ClNO/c1-7(2)4-11(14)10-6-9(13)5-8(3)12(10)15/h5-6,11,15H,1,4,14H2,2-3H3/t11-/m0/s1. The van der Waals surface area contributed by atoms with E-state index in [1.165, 1.54) is 0 Å². The van der Waals surface area contributed by atoms with Crippen LogP contribution in [-0.4, -0.2) is 5.11 Å². The Morgan fingerprint density at radius 2 is 2.20 bits per heavy atom. The third-order valence-corrected chi connectivity index (χ3v) is 2.48. The van der Waals surface area contributed by atoms with E-state index >= 15 is 0 Å². The van der Waals surface area contributed by atoms with E-state index in [4.69, 9.17) is 17.3 Å². The lowest BCUT2D eigenvalue weighted by atomic mass is 9.98. The molecular weight excluding hydrogens is 210 g/mol. The topological polar surface area (TPSA) is 46.2 Å². The van der Waals surface area contributed by atoms with Gasteiger partial charge in [0.15, 0.2) is 0 Å². The van der Waals surface area contributed by atoms with E-state index in [1.54, 1.807) is 19.1 Å². The molecule has 0 saturated carbocycles. The Balaban J connectivity index is 3.07. The van der Waals surface area contributed by atoms with Crippen molar-refractivity contribution in [2.75, 3.05) is 0 Å². The summed E-state index contributed by atoms with van der Waals surface area (Å²) in [4.78, 5) is 0. The molecule has 0 aliphatic rings. The van der Waals surface area contributed by atoms with Crippen LogP contribution in [-0.2, 0) is 0 Å². The van der Waals surface area contributed by atoms with Crippen LogP contribution >= 0.6 is 11.6 Å². The quantitative estimate of drug-likeness (QED) is 0.776. The fourth-order valence-corrected chi connectivity index (χ4v) is 1.81. The van der Waals surface area contributed by atoms with Crippen LogP contribution in [0, 0.1) is 6.92 Å². The summed E-state index contributed by atoms with van der Waals surface area (Å²) in [7, 11) is 0. The highest BCUT2D eigenvalue weighted by molar-refractivity contribution is 6.30. The van der Waals surface area contributed by atoms with Crippen LogP contribution in [0.3, 0.4) is 0 Å². The summed E-state index contributed by atoms with van der Waals surface area (Å²) in [5, 5.41) is 10.4. The number of aryl methyl sites for hydroxylation is 1. The van der Waals surface area contributed by atoms with Crippen LogP contribution in [0.4, 0.5) is 0 Å². The number of hydrogen-bond donors (Lipinski definition) is 2. The van der Waals surface area contributed by atoms with Crippen LogP contribution < -0.4 is 5.73 Å². The van der Waals surface area contributed by atoms with E-state index in [2.05, 4.69) is 6.58 Å². The first-order chi connectivity index (χ1) is 6.91. The summed E-state index contributed by atoms with van der Waals surface area (Å²) in [5.74, 6) is 0.230. The zero-order valence-corrected chi connectivity index (χ0v) is 9.80. The Morgan fingerprint density at radius 1 is 1.60 bits per heavy atom. The van der Waals surface area contributed by atoms with Crippen molar-refractivity contribution in [2.45, 2.75) is 26.3 Å². The third kappa shape index (κ3) is 2.98. The summed E-state index contributed by atoms with van der Waals surface area (Å²) >= 11 is 5.91. The van der Waals surface area contributed by atoms with Crippen molar-refractivity contribution in [3.8, 4) is 5.75 Å². The summed E-state index contributed by atoms with van der Waals surface area (Å²) in [6.45, 7) is 7.52. The van der Waals surface area contributed by atoms with Crippen LogP contribution in [0.15, 0.2) is 24.3 Å². The van der Waals surface area contributed by atoms with Gasteiger partial charge in [-0.05, 0) is 38.0 Å². The number of halogens is 1. The summed E-state index contributed by atoms with van der Waals surface area (Å²) < 4.78 is 0. The van der Waals surface area contributed by atoms with Gasteiger partial charge in [0.05, 0.1) is 0 Å². The lowest BCUT2D eigenvalue weighted by molar-refractivity contribution is 0.457. The predicted molar refractivity (Wildman–Crippen MR) is 64.2 cm³/mol. The Labute approximate surface area is 95.4 Å². The molecule has 15 heavy (non-hydrogen) atoms. The van der Waals surface area contributed by atoms with Crippen molar-refractivity contribution in [2.24, 2.45) is 5.73 Å². The molecule has 3 N–H and O–H groups in total. The maximum atomic E-state index is 9.84. The number of benzene rings is 1. The molecule has 3 heteroatoms. The first-order valence-electron chi connectivity index (χ1n) is 4.80. The van der Waals surface area contributed by atoms with E-state index in [-0.39, 0.29) is 11.8 Å². The van der Waals surface area contributed by atoms with Gasteiger partial charge in [-0.2, -0.15) is 0 Å². The molecule has 0 aliphatic heterocycles. The molecule has 0 aliphatic carbocycles. The van der Waals surface area contributed by atoms with Gasteiger partial charge >= 0.3 is 0 Å². The highest BCUT2D eigenvalue weighted by Crippen LogP contribution is 2.32. The molecular formula is C12H16ClNO. The van der Waals surface area contributed by atoms with E-state index in [9.17, 15) is 5.11 Å². The van der Waals surface area contributed by atoms with Gasteiger partial charge in [-0.3, -0.25) is 0 Å². The van der Waals surface area contributed by atoms with E-state index in [0.717, 1.165) is 11.1 Å². The number of phenolic OH excluding ortho intramolecular Hbond substituents is 1. The molecule has 1 atom stereocenters. The van der Waals surface area contributed by atoms with E-state index in [0.29, 0.717) is 17.0 Å². The zero-order valence-electron chi connectivity index (χ0n) is 9.05. The van der Waals surface area contributed by atoms with Gasteiger partial charge < -0.3 is 10.8 Å². The number of phenols is 1. The Bertz CT molecular complexity index is 387. The van der Waals surface area contributed by atoms with Crippen LogP contribution in [0.5, 0.6) is 5.75 Å². The van der Waals surface area contributed by atoms with Crippen LogP contribution in [0.25, 0.3) is 0 Å². The second-order valence-electron chi connectivity index (χ2n) is 3.93. The average Bonchev–Trinajstić information content (AvgIpc) is 2.09. The van der Waals surface area contributed by atoms with Crippen molar-refractivity contribution in [3.63, 3.8) is 0 Å². The molecule has 0 aromatic heterocycles. The second-order valence-corrected chi connectivity index (χ2v) is 4.36. The maximum Gasteiger partial charge on any atom is 0.123 e. The second kappa shape index (κ2) is 4.69. The maximum absolute atomic E-state index is 9.84. The van der Waals surface area contributed by atoms with Crippen molar-refractivity contribution < 1.29 is 5.11 Å². The zero-order chi connectivity index (χ0) is 11.6. The van der Waals surface area contributed by atoms with Crippen LogP contribution in [0.2, 0.25) is 5.02 Å². The van der Waals surface area contributed by atoms with Crippen molar-refractivity contribution >= 4 is 11.6 Å². The lowest BCUT2D eigenvalue weighted by Crippen LogP contribution is -2.11. The van der Waals surface area contributed by atoms with Crippen molar-refractivity contribution in [1.82, 2.24) is 0 Å². The number of aromatic hydroxyl groups is 1. The fourth-order valence-electron chi connectivity index (χ4n) is 1.53. The van der Waals surface area contributed by atoms with Gasteiger partial charge in [0.1, 0.15) is 5.75 Å². The monoisotopic (exact) mass is 225 g/mol. The number of rotatable bonds is 3. The minimum atomic E-state index is -0.250. The van der Waals surface area contributed by atoms with Crippen molar-refractivity contribution in [1.29, 1.82) is 0 Å². The molecule has 0 unspecified atom stereocenters. The van der Waals surface area contributed by atoms with Gasteiger partial charge in [0.2, 0.25) is 0 Å².